The lowest BCUT2D eigenvalue weighted by Crippen LogP contribution is -2.21. The van der Waals surface area contributed by atoms with Gasteiger partial charge in [0.1, 0.15) is 17.4 Å². The molecule has 2 aromatic carbocycles. The van der Waals surface area contributed by atoms with Crippen LogP contribution in [-0.4, -0.2) is 25.6 Å². The number of ether oxygens (including phenoxy) is 2. The lowest BCUT2D eigenvalue weighted by molar-refractivity contribution is -0.142. The van der Waals surface area contributed by atoms with Gasteiger partial charge in [0.15, 0.2) is 6.61 Å². The van der Waals surface area contributed by atoms with Crippen molar-refractivity contribution in [1.82, 2.24) is 0 Å². The fourth-order valence-corrected chi connectivity index (χ4v) is 2.15. The number of carbonyl (C=O) groups is 2. The third-order valence-electron chi connectivity index (χ3n) is 3.60. The van der Waals surface area contributed by atoms with Gasteiger partial charge in [0.05, 0.1) is 12.7 Å². The maximum absolute atomic E-state index is 12.5. The van der Waals surface area contributed by atoms with E-state index < -0.39 is 30.2 Å². The second kappa shape index (κ2) is 9.41. The molecule has 0 aromatic heterocycles. The highest BCUT2D eigenvalue weighted by atomic mass is 19.4. The van der Waals surface area contributed by atoms with E-state index in [4.69, 9.17) is 14.7 Å². The van der Waals surface area contributed by atoms with E-state index >= 15 is 0 Å². The lowest BCUT2D eigenvalue weighted by atomic mass is 10.1. The van der Waals surface area contributed by atoms with Gasteiger partial charge in [-0.1, -0.05) is 12.1 Å². The summed E-state index contributed by atoms with van der Waals surface area (Å²) < 4.78 is 47.3. The molecular weight excluding hydrogens is 389 g/mol. The Kier molecular flexibility index (Phi) is 6.98. The number of hydrogen-bond donors (Lipinski definition) is 1. The SMILES string of the molecule is COc1ccc(/C=C(\C#N)C(=O)OCC(=O)Nc2ccc(C(F)(F)F)cc2)cc1. The van der Waals surface area contributed by atoms with Crippen LogP contribution in [0.1, 0.15) is 11.1 Å². The van der Waals surface area contributed by atoms with E-state index in [1.54, 1.807) is 30.3 Å². The number of halogens is 3. The molecule has 1 N–H and O–H groups in total. The molecule has 29 heavy (non-hydrogen) atoms. The van der Waals surface area contributed by atoms with Crippen LogP contribution in [0.25, 0.3) is 6.08 Å². The number of esters is 1. The van der Waals surface area contributed by atoms with E-state index in [0.717, 1.165) is 24.3 Å². The van der Waals surface area contributed by atoms with E-state index in [2.05, 4.69) is 5.32 Å². The zero-order valence-electron chi connectivity index (χ0n) is 15.1. The normalized spacial score (nSPS) is 11.3. The maximum atomic E-state index is 12.5. The fraction of sp³-hybridized carbons (Fsp3) is 0.150. The Hall–Kier alpha value is -3.80. The molecule has 0 unspecified atom stereocenters. The predicted molar refractivity (Wildman–Crippen MR) is 97.6 cm³/mol. The monoisotopic (exact) mass is 404 g/mol. The Morgan fingerprint density at radius 2 is 1.72 bits per heavy atom. The van der Waals surface area contributed by atoms with Gasteiger partial charge in [-0.25, -0.2) is 4.79 Å². The van der Waals surface area contributed by atoms with Crippen molar-refractivity contribution in [1.29, 1.82) is 5.26 Å². The molecule has 9 heteroatoms. The fourth-order valence-electron chi connectivity index (χ4n) is 2.15. The van der Waals surface area contributed by atoms with Crippen LogP contribution in [0.15, 0.2) is 54.1 Å². The molecule has 0 aliphatic heterocycles. The van der Waals surface area contributed by atoms with Gasteiger partial charge < -0.3 is 14.8 Å². The number of nitriles is 1. The summed E-state index contributed by atoms with van der Waals surface area (Å²) in [5.41, 5.74) is -0.524. The Balaban J connectivity index is 1.93. The first-order chi connectivity index (χ1) is 13.7. The van der Waals surface area contributed by atoms with Crippen LogP contribution in [0.4, 0.5) is 18.9 Å². The molecule has 2 aromatic rings. The van der Waals surface area contributed by atoms with Crippen LogP contribution >= 0.6 is 0 Å². The Bertz CT molecular complexity index is 944. The molecular formula is C20H15F3N2O4. The first-order valence-electron chi connectivity index (χ1n) is 8.13. The summed E-state index contributed by atoms with van der Waals surface area (Å²) in [4.78, 5) is 23.8. The van der Waals surface area contributed by atoms with Crippen LogP contribution in [0.5, 0.6) is 5.75 Å². The molecule has 0 radical (unpaired) electrons. The smallest absolute Gasteiger partial charge is 0.416 e. The van der Waals surface area contributed by atoms with Crippen LogP contribution in [0, 0.1) is 11.3 Å². The summed E-state index contributed by atoms with van der Waals surface area (Å²) in [7, 11) is 1.50. The lowest BCUT2D eigenvalue weighted by Gasteiger charge is -2.09. The number of anilines is 1. The van der Waals surface area contributed by atoms with Crippen molar-refractivity contribution in [2.24, 2.45) is 0 Å². The van der Waals surface area contributed by atoms with Crippen molar-refractivity contribution in [3.8, 4) is 11.8 Å². The van der Waals surface area contributed by atoms with Crippen molar-refractivity contribution in [3.05, 3.63) is 65.2 Å². The molecule has 0 aliphatic rings. The highest BCUT2D eigenvalue weighted by Gasteiger charge is 2.30. The Labute approximate surface area is 164 Å². The van der Waals surface area contributed by atoms with Gasteiger partial charge in [0.25, 0.3) is 5.91 Å². The molecule has 0 spiro atoms. The molecule has 6 nitrogen and oxygen atoms in total. The van der Waals surface area contributed by atoms with E-state index in [1.807, 2.05) is 0 Å². The molecule has 0 heterocycles. The van der Waals surface area contributed by atoms with Crippen molar-refractivity contribution in [2.75, 3.05) is 19.0 Å². The van der Waals surface area contributed by atoms with Gasteiger partial charge in [0, 0.05) is 5.69 Å². The van der Waals surface area contributed by atoms with Gasteiger partial charge >= 0.3 is 12.1 Å². The minimum atomic E-state index is -4.48. The summed E-state index contributed by atoms with van der Waals surface area (Å²) in [5.74, 6) is -1.17. The molecule has 0 fully saturated rings. The summed E-state index contributed by atoms with van der Waals surface area (Å²) in [6, 6.07) is 12.0. The highest BCUT2D eigenvalue weighted by Crippen LogP contribution is 2.29. The van der Waals surface area contributed by atoms with Gasteiger partial charge in [-0.2, -0.15) is 18.4 Å². The number of alkyl halides is 3. The zero-order valence-corrected chi connectivity index (χ0v) is 15.1. The maximum Gasteiger partial charge on any atom is 0.416 e. The number of benzene rings is 2. The minimum absolute atomic E-state index is 0.105. The van der Waals surface area contributed by atoms with Crippen molar-refractivity contribution >= 4 is 23.6 Å². The van der Waals surface area contributed by atoms with Gasteiger partial charge in [0.2, 0.25) is 0 Å². The average Bonchev–Trinajstić information content (AvgIpc) is 2.70. The van der Waals surface area contributed by atoms with Crippen molar-refractivity contribution in [3.63, 3.8) is 0 Å². The predicted octanol–water partition coefficient (Wildman–Crippen LogP) is 3.80. The average molecular weight is 404 g/mol. The van der Waals surface area contributed by atoms with Gasteiger partial charge in [-0.05, 0) is 48.0 Å². The van der Waals surface area contributed by atoms with Crippen molar-refractivity contribution < 1.29 is 32.2 Å². The molecule has 0 saturated heterocycles. The molecule has 1 amide bonds. The minimum Gasteiger partial charge on any atom is -0.497 e. The van der Waals surface area contributed by atoms with Crippen LogP contribution in [0.2, 0.25) is 0 Å². The summed E-state index contributed by atoms with van der Waals surface area (Å²) in [6.45, 7) is -0.707. The second-order valence-electron chi connectivity index (χ2n) is 5.64. The molecule has 0 bridgehead atoms. The highest BCUT2D eigenvalue weighted by molar-refractivity contribution is 6.00. The third kappa shape index (κ3) is 6.39. The third-order valence-corrected chi connectivity index (χ3v) is 3.60. The Morgan fingerprint density at radius 1 is 1.10 bits per heavy atom. The van der Waals surface area contributed by atoms with Crippen LogP contribution in [0.3, 0.4) is 0 Å². The number of methoxy groups -OCH3 is 1. The van der Waals surface area contributed by atoms with E-state index in [0.29, 0.717) is 11.3 Å². The van der Waals surface area contributed by atoms with Crippen molar-refractivity contribution in [2.45, 2.75) is 6.18 Å². The number of rotatable bonds is 6. The number of hydrogen-bond acceptors (Lipinski definition) is 5. The Morgan fingerprint density at radius 3 is 2.24 bits per heavy atom. The number of carbonyl (C=O) groups excluding carboxylic acids is 2. The first-order valence-corrected chi connectivity index (χ1v) is 8.13. The summed E-state index contributed by atoms with van der Waals surface area (Å²) in [6.07, 6.45) is -3.20. The van der Waals surface area contributed by atoms with Gasteiger partial charge in [-0.15, -0.1) is 0 Å². The number of amides is 1. The van der Waals surface area contributed by atoms with E-state index in [-0.39, 0.29) is 11.3 Å². The summed E-state index contributed by atoms with van der Waals surface area (Å²) in [5, 5.41) is 11.4. The molecule has 2 rings (SSSR count). The zero-order chi connectivity index (χ0) is 21.4. The summed E-state index contributed by atoms with van der Waals surface area (Å²) >= 11 is 0. The van der Waals surface area contributed by atoms with Gasteiger partial charge in [-0.3, -0.25) is 4.79 Å². The molecule has 0 saturated carbocycles. The molecule has 0 aliphatic carbocycles. The van der Waals surface area contributed by atoms with E-state index in [1.165, 1.54) is 13.2 Å². The largest absolute Gasteiger partial charge is 0.497 e. The van der Waals surface area contributed by atoms with E-state index in [9.17, 15) is 22.8 Å². The molecule has 0 atom stereocenters. The topological polar surface area (TPSA) is 88.4 Å². The number of nitrogens with one attached hydrogen (secondary N) is 1. The second-order valence-corrected chi connectivity index (χ2v) is 5.64. The van der Waals surface area contributed by atoms with Crippen LogP contribution < -0.4 is 10.1 Å². The molecule has 150 valence electrons. The van der Waals surface area contributed by atoms with Crippen LogP contribution in [-0.2, 0) is 20.5 Å². The quantitative estimate of drug-likeness (QED) is 0.449. The standard InChI is InChI=1S/C20H15F3N2O4/c1-28-17-8-2-13(3-9-17)10-14(11-24)19(27)29-12-18(26)25-16-6-4-15(5-7-16)20(21,22)23/h2-10H,12H2,1H3,(H,25,26)/b14-10+. The number of nitrogens with zero attached hydrogens (tertiary/aromatic N) is 1. The first kappa shape index (κ1) is 21.5.